The highest BCUT2D eigenvalue weighted by molar-refractivity contribution is 7.89. The van der Waals surface area contributed by atoms with Crippen LogP contribution in [0.25, 0.3) is 0 Å². The first kappa shape index (κ1) is 18.8. The molecule has 0 radical (unpaired) electrons. The van der Waals surface area contributed by atoms with E-state index >= 15 is 0 Å². The molecule has 1 amide bonds. The minimum absolute atomic E-state index is 0.00276. The third kappa shape index (κ3) is 4.52. The molecular weight excluding hydrogens is 335 g/mol. The second-order valence-corrected chi connectivity index (χ2v) is 7.61. The number of ether oxygens (including phenoxy) is 1. The first-order valence-corrected chi connectivity index (χ1v) is 9.45. The Balaban J connectivity index is 2.13. The van der Waals surface area contributed by atoms with Gasteiger partial charge in [-0.1, -0.05) is 6.42 Å². The molecule has 8 heteroatoms. The lowest BCUT2D eigenvalue weighted by Gasteiger charge is -2.33. The van der Waals surface area contributed by atoms with E-state index in [9.17, 15) is 17.6 Å². The predicted octanol–water partition coefficient (Wildman–Crippen LogP) is 1.52. The molecule has 1 fully saturated rings. The Morgan fingerprint density at radius 3 is 2.71 bits per heavy atom. The zero-order valence-corrected chi connectivity index (χ0v) is 14.5. The SMILES string of the molecule is COCCCNC(=O)[C@H]1CCCCN1S(=O)(=O)c1ccc(F)cc1. The lowest BCUT2D eigenvalue weighted by atomic mass is 10.0. The smallest absolute Gasteiger partial charge is 0.243 e. The number of nitrogens with zero attached hydrogens (tertiary/aromatic N) is 1. The van der Waals surface area contributed by atoms with Crippen LogP contribution in [0.4, 0.5) is 4.39 Å². The molecule has 24 heavy (non-hydrogen) atoms. The van der Waals surface area contributed by atoms with Crippen molar-refractivity contribution >= 4 is 15.9 Å². The summed E-state index contributed by atoms with van der Waals surface area (Å²) in [6.45, 7) is 1.26. The average molecular weight is 358 g/mol. The molecule has 134 valence electrons. The third-order valence-electron chi connectivity index (χ3n) is 4.00. The second kappa shape index (κ2) is 8.55. The number of hydrogen-bond acceptors (Lipinski definition) is 4. The maximum absolute atomic E-state index is 13.0. The predicted molar refractivity (Wildman–Crippen MR) is 87.4 cm³/mol. The normalized spacial score (nSPS) is 19.2. The fourth-order valence-electron chi connectivity index (χ4n) is 2.74. The number of benzene rings is 1. The monoisotopic (exact) mass is 358 g/mol. The van der Waals surface area contributed by atoms with Crippen LogP contribution in [0.1, 0.15) is 25.7 Å². The first-order valence-electron chi connectivity index (χ1n) is 8.01. The average Bonchev–Trinajstić information content (AvgIpc) is 2.59. The Morgan fingerprint density at radius 1 is 1.33 bits per heavy atom. The molecule has 0 spiro atoms. The van der Waals surface area contributed by atoms with Gasteiger partial charge < -0.3 is 10.1 Å². The van der Waals surface area contributed by atoms with Crippen LogP contribution in [0.5, 0.6) is 0 Å². The van der Waals surface area contributed by atoms with Gasteiger partial charge in [-0.15, -0.1) is 0 Å². The van der Waals surface area contributed by atoms with Crippen molar-refractivity contribution in [2.75, 3.05) is 26.8 Å². The van der Waals surface area contributed by atoms with E-state index in [0.717, 1.165) is 18.6 Å². The fraction of sp³-hybridized carbons (Fsp3) is 0.562. The number of nitrogens with one attached hydrogen (secondary N) is 1. The van der Waals surface area contributed by atoms with Crippen LogP contribution in [0, 0.1) is 5.82 Å². The molecule has 0 aromatic heterocycles. The summed E-state index contributed by atoms with van der Waals surface area (Å²) in [6.07, 6.45) is 2.65. The molecule has 0 saturated carbocycles. The van der Waals surface area contributed by atoms with Crippen molar-refractivity contribution in [1.29, 1.82) is 0 Å². The number of methoxy groups -OCH3 is 1. The summed E-state index contributed by atoms with van der Waals surface area (Å²) >= 11 is 0. The van der Waals surface area contributed by atoms with Gasteiger partial charge in [0, 0.05) is 26.8 Å². The zero-order valence-electron chi connectivity index (χ0n) is 13.7. The van der Waals surface area contributed by atoms with E-state index < -0.39 is 21.9 Å². The van der Waals surface area contributed by atoms with Crippen molar-refractivity contribution < 1.29 is 22.3 Å². The van der Waals surface area contributed by atoms with Gasteiger partial charge in [0.25, 0.3) is 0 Å². The Morgan fingerprint density at radius 2 is 2.04 bits per heavy atom. The van der Waals surface area contributed by atoms with Gasteiger partial charge in [-0.25, -0.2) is 12.8 Å². The molecule has 1 aromatic rings. The van der Waals surface area contributed by atoms with Gasteiger partial charge in [-0.2, -0.15) is 4.31 Å². The summed E-state index contributed by atoms with van der Waals surface area (Å²) < 4.78 is 44.8. The van der Waals surface area contributed by atoms with E-state index in [4.69, 9.17) is 4.74 Å². The van der Waals surface area contributed by atoms with Gasteiger partial charge in [0.15, 0.2) is 0 Å². The number of halogens is 1. The van der Waals surface area contributed by atoms with Gasteiger partial charge in [-0.3, -0.25) is 4.79 Å². The summed E-state index contributed by atoms with van der Waals surface area (Å²) in [6, 6.07) is 3.95. The van der Waals surface area contributed by atoms with Gasteiger partial charge in [0.2, 0.25) is 15.9 Å². The number of carbonyl (C=O) groups is 1. The second-order valence-electron chi connectivity index (χ2n) is 5.72. The Bertz CT molecular complexity index is 649. The number of hydrogen-bond donors (Lipinski definition) is 1. The highest BCUT2D eigenvalue weighted by atomic mass is 32.2. The van der Waals surface area contributed by atoms with E-state index in [1.54, 1.807) is 7.11 Å². The summed E-state index contributed by atoms with van der Waals surface area (Å²) in [5.41, 5.74) is 0. The zero-order chi connectivity index (χ0) is 17.6. The summed E-state index contributed by atoms with van der Waals surface area (Å²) in [7, 11) is -2.24. The highest BCUT2D eigenvalue weighted by Crippen LogP contribution is 2.25. The third-order valence-corrected chi connectivity index (χ3v) is 5.92. The molecule has 0 aliphatic carbocycles. The molecule has 1 aliphatic heterocycles. The van der Waals surface area contributed by atoms with Crippen molar-refractivity contribution in [1.82, 2.24) is 9.62 Å². The van der Waals surface area contributed by atoms with E-state index in [0.29, 0.717) is 32.4 Å². The van der Waals surface area contributed by atoms with Crippen LogP contribution in [0.15, 0.2) is 29.2 Å². The lowest BCUT2D eigenvalue weighted by molar-refractivity contribution is -0.125. The quantitative estimate of drug-likeness (QED) is 0.750. The molecule has 1 saturated heterocycles. The maximum atomic E-state index is 13.0. The van der Waals surface area contributed by atoms with Crippen molar-refractivity contribution in [3.8, 4) is 0 Å². The molecule has 1 aliphatic rings. The van der Waals surface area contributed by atoms with Gasteiger partial charge in [0.1, 0.15) is 11.9 Å². The van der Waals surface area contributed by atoms with E-state index in [-0.39, 0.29) is 17.3 Å². The first-order chi connectivity index (χ1) is 11.5. The van der Waals surface area contributed by atoms with Gasteiger partial charge in [0.05, 0.1) is 4.90 Å². The molecule has 1 atom stereocenters. The molecule has 1 N–H and O–H groups in total. The maximum Gasteiger partial charge on any atom is 0.243 e. The molecule has 0 unspecified atom stereocenters. The number of sulfonamides is 1. The lowest BCUT2D eigenvalue weighted by Crippen LogP contribution is -2.51. The standard InChI is InChI=1S/C16H23FN2O4S/c1-23-12-4-10-18-16(20)15-5-2-3-11-19(15)24(21,22)14-8-6-13(17)7-9-14/h6-9,15H,2-5,10-12H2,1H3,(H,18,20)/t15-/m1/s1. The fourth-order valence-corrected chi connectivity index (χ4v) is 4.40. The van der Waals surface area contributed by atoms with Crippen molar-refractivity contribution in [3.05, 3.63) is 30.1 Å². The Kier molecular flexibility index (Phi) is 6.70. The van der Waals surface area contributed by atoms with Crippen LogP contribution in [0.3, 0.4) is 0 Å². The van der Waals surface area contributed by atoms with E-state index in [2.05, 4.69) is 5.32 Å². The number of rotatable bonds is 7. The van der Waals surface area contributed by atoms with Crippen LogP contribution >= 0.6 is 0 Å². The van der Waals surface area contributed by atoms with E-state index in [1.165, 1.54) is 16.4 Å². The molecule has 1 aromatic carbocycles. The van der Waals surface area contributed by atoms with Crippen molar-refractivity contribution in [2.24, 2.45) is 0 Å². The molecule has 2 rings (SSSR count). The van der Waals surface area contributed by atoms with E-state index in [1.807, 2.05) is 0 Å². The number of carbonyl (C=O) groups excluding carboxylic acids is 1. The molecule has 6 nitrogen and oxygen atoms in total. The summed E-state index contributed by atoms with van der Waals surface area (Å²) in [5.74, 6) is -0.795. The van der Waals surface area contributed by atoms with Crippen LogP contribution in [-0.4, -0.2) is 51.5 Å². The van der Waals surface area contributed by atoms with Crippen LogP contribution in [0.2, 0.25) is 0 Å². The summed E-state index contributed by atoms with van der Waals surface area (Å²) in [4.78, 5) is 12.4. The van der Waals surface area contributed by atoms with Gasteiger partial charge in [-0.05, 0) is 43.5 Å². The van der Waals surface area contributed by atoms with Gasteiger partial charge >= 0.3 is 0 Å². The minimum Gasteiger partial charge on any atom is -0.385 e. The largest absolute Gasteiger partial charge is 0.385 e. The molecular formula is C16H23FN2O4S. The highest BCUT2D eigenvalue weighted by Gasteiger charge is 2.37. The van der Waals surface area contributed by atoms with Crippen molar-refractivity contribution in [2.45, 2.75) is 36.6 Å². The van der Waals surface area contributed by atoms with Crippen LogP contribution < -0.4 is 5.32 Å². The molecule has 1 heterocycles. The topological polar surface area (TPSA) is 75.7 Å². The summed E-state index contributed by atoms with van der Waals surface area (Å²) in [5, 5.41) is 2.76. The molecule has 0 bridgehead atoms. The number of piperidine rings is 1. The Labute approximate surface area is 142 Å². The van der Waals surface area contributed by atoms with Crippen molar-refractivity contribution in [3.63, 3.8) is 0 Å². The number of amides is 1. The minimum atomic E-state index is -3.83. The Hall–Kier alpha value is -1.51. The van der Waals surface area contributed by atoms with Crippen LogP contribution in [-0.2, 0) is 19.6 Å².